The number of aryl methyl sites for hydroxylation is 1. The molecule has 0 radical (unpaired) electrons. The van der Waals surface area contributed by atoms with Crippen molar-refractivity contribution in [2.24, 2.45) is 12.1 Å². The lowest BCUT2D eigenvalue weighted by atomic mass is 10.2. The van der Waals surface area contributed by atoms with Gasteiger partial charge in [-0.15, -0.1) is 5.10 Å². The molecule has 0 aliphatic rings. The van der Waals surface area contributed by atoms with Gasteiger partial charge < -0.3 is 14.6 Å². The topological polar surface area (TPSA) is 84.7 Å². The third-order valence-corrected chi connectivity index (χ3v) is 3.90. The number of nitrogens with zero attached hydrogens (tertiary/aromatic N) is 2. The standard InChI is InChI=1S/C15H20N4O3S/c1-15(2,3)22-14(21)16-9-12(20)17-18-13-19(4)10-7-5-6-8-11(10)23-13/h5-8H,9H2,1-4H3,(H,16,21)(H,17,20)/b18-13+. The van der Waals surface area contributed by atoms with Crippen LogP contribution >= 0.6 is 11.3 Å². The van der Waals surface area contributed by atoms with Crippen molar-refractivity contribution in [1.29, 1.82) is 0 Å². The number of ether oxygens (including phenoxy) is 1. The molecule has 1 heterocycles. The number of carbonyl (C=O) groups excluding carboxylic acids is 2. The number of hydrogen-bond acceptors (Lipinski definition) is 5. The maximum absolute atomic E-state index is 11.7. The van der Waals surface area contributed by atoms with Gasteiger partial charge in [-0.1, -0.05) is 23.5 Å². The molecule has 2 rings (SSSR count). The van der Waals surface area contributed by atoms with E-state index in [1.807, 2.05) is 35.9 Å². The van der Waals surface area contributed by atoms with Crippen molar-refractivity contribution in [2.45, 2.75) is 26.4 Å². The molecule has 1 aromatic carbocycles. The zero-order chi connectivity index (χ0) is 17.0. The van der Waals surface area contributed by atoms with Gasteiger partial charge >= 0.3 is 6.09 Å². The van der Waals surface area contributed by atoms with Gasteiger partial charge in [0.1, 0.15) is 12.1 Å². The first-order valence-corrected chi connectivity index (χ1v) is 7.92. The van der Waals surface area contributed by atoms with Gasteiger partial charge in [-0.3, -0.25) is 4.79 Å². The van der Waals surface area contributed by atoms with E-state index in [1.165, 1.54) is 11.3 Å². The van der Waals surface area contributed by atoms with E-state index in [4.69, 9.17) is 4.74 Å². The number of fused-ring (bicyclic) bond motifs is 1. The molecule has 2 amide bonds. The van der Waals surface area contributed by atoms with Crippen LogP contribution in [0.25, 0.3) is 10.2 Å². The number of rotatable bonds is 3. The molecule has 7 nitrogen and oxygen atoms in total. The summed E-state index contributed by atoms with van der Waals surface area (Å²) in [5.41, 5.74) is 2.86. The third-order valence-electron chi connectivity index (χ3n) is 2.78. The summed E-state index contributed by atoms with van der Waals surface area (Å²) < 4.78 is 8.02. The highest BCUT2D eigenvalue weighted by atomic mass is 32.1. The summed E-state index contributed by atoms with van der Waals surface area (Å²) in [5.74, 6) is -0.423. The van der Waals surface area contributed by atoms with Crippen molar-refractivity contribution in [3.05, 3.63) is 29.1 Å². The van der Waals surface area contributed by atoms with Gasteiger partial charge in [0.25, 0.3) is 5.91 Å². The molecule has 8 heteroatoms. The number of nitrogens with one attached hydrogen (secondary N) is 2. The molecule has 2 aromatic rings. The molecule has 0 saturated carbocycles. The number of para-hydroxylation sites is 1. The molecule has 1 aromatic heterocycles. The quantitative estimate of drug-likeness (QED) is 0.837. The van der Waals surface area contributed by atoms with Crippen LogP contribution in [0.1, 0.15) is 20.8 Å². The van der Waals surface area contributed by atoms with Crippen LogP contribution in [0.3, 0.4) is 0 Å². The Morgan fingerprint density at radius 1 is 1.30 bits per heavy atom. The number of aromatic nitrogens is 1. The summed E-state index contributed by atoms with van der Waals surface area (Å²) in [6.07, 6.45) is -0.639. The van der Waals surface area contributed by atoms with Gasteiger partial charge in [-0.2, -0.15) is 0 Å². The Kier molecular flexibility index (Phi) is 5.05. The van der Waals surface area contributed by atoms with Crippen LogP contribution in [-0.4, -0.2) is 28.7 Å². The number of alkyl carbamates (subject to hydrolysis) is 1. The molecule has 0 saturated heterocycles. The summed E-state index contributed by atoms with van der Waals surface area (Å²) in [7, 11) is 1.88. The first kappa shape index (κ1) is 17.0. The minimum Gasteiger partial charge on any atom is -0.444 e. The normalized spacial score (nSPS) is 12.3. The van der Waals surface area contributed by atoms with Gasteiger partial charge in [0.2, 0.25) is 4.80 Å². The Morgan fingerprint density at radius 3 is 2.65 bits per heavy atom. The number of benzene rings is 1. The Labute approximate surface area is 138 Å². The molecule has 0 aliphatic carbocycles. The fourth-order valence-electron chi connectivity index (χ4n) is 1.80. The summed E-state index contributed by atoms with van der Waals surface area (Å²) in [6.45, 7) is 5.06. The molecule has 0 spiro atoms. The van der Waals surface area contributed by atoms with E-state index >= 15 is 0 Å². The van der Waals surface area contributed by atoms with E-state index in [0.717, 1.165) is 10.2 Å². The fraction of sp³-hybridized carbons (Fsp3) is 0.400. The van der Waals surface area contributed by atoms with E-state index in [9.17, 15) is 9.59 Å². The van der Waals surface area contributed by atoms with Crippen LogP contribution < -0.4 is 15.5 Å². The van der Waals surface area contributed by atoms with Crippen LogP contribution in [0, 0.1) is 0 Å². The second-order valence-electron chi connectivity index (χ2n) is 5.91. The molecule has 0 unspecified atom stereocenters. The molecule has 0 atom stereocenters. The van der Waals surface area contributed by atoms with Crippen LogP contribution in [0.15, 0.2) is 29.4 Å². The molecular weight excluding hydrogens is 316 g/mol. The average Bonchev–Trinajstić information content (AvgIpc) is 2.78. The lowest BCUT2D eigenvalue weighted by Crippen LogP contribution is -2.39. The van der Waals surface area contributed by atoms with Gasteiger partial charge in [0, 0.05) is 7.05 Å². The maximum atomic E-state index is 11.7. The monoisotopic (exact) mass is 336 g/mol. The Hall–Kier alpha value is -2.35. The Balaban J connectivity index is 1.95. The zero-order valence-corrected chi connectivity index (χ0v) is 14.4. The number of thiazole rings is 1. The summed E-state index contributed by atoms with van der Waals surface area (Å²) in [5, 5.41) is 6.47. The van der Waals surface area contributed by atoms with Crippen molar-refractivity contribution in [1.82, 2.24) is 15.3 Å². The molecule has 0 aliphatic heterocycles. The van der Waals surface area contributed by atoms with Gasteiger partial charge in [-0.25, -0.2) is 10.2 Å². The third kappa shape index (κ3) is 4.82. The highest BCUT2D eigenvalue weighted by molar-refractivity contribution is 7.16. The van der Waals surface area contributed by atoms with E-state index in [2.05, 4.69) is 15.8 Å². The van der Waals surface area contributed by atoms with Crippen molar-refractivity contribution in [3.8, 4) is 0 Å². The molecule has 124 valence electrons. The van der Waals surface area contributed by atoms with Gasteiger partial charge in [0.15, 0.2) is 0 Å². The number of hydrogen-bond donors (Lipinski definition) is 2. The van der Waals surface area contributed by atoms with Gasteiger partial charge in [-0.05, 0) is 32.9 Å². The molecular formula is C15H20N4O3S. The molecule has 0 bridgehead atoms. The average molecular weight is 336 g/mol. The first-order valence-electron chi connectivity index (χ1n) is 7.10. The lowest BCUT2D eigenvalue weighted by Gasteiger charge is -2.19. The van der Waals surface area contributed by atoms with Crippen molar-refractivity contribution >= 4 is 33.6 Å². The smallest absolute Gasteiger partial charge is 0.408 e. The first-order chi connectivity index (χ1) is 10.8. The van der Waals surface area contributed by atoms with Crippen molar-refractivity contribution in [3.63, 3.8) is 0 Å². The second kappa shape index (κ2) is 6.82. The predicted octanol–water partition coefficient (Wildman–Crippen LogP) is 1.70. The van der Waals surface area contributed by atoms with Crippen LogP contribution in [0.2, 0.25) is 0 Å². The summed E-state index contributed by atoms with van der Waals surface area (Å²) >= 11 is 1.47. The minimum atomic E-state index is -0.639. The Bertz CT molecular complexity index is 786. The summed E-state index contributed by atoms with van der Waals surface area (Å²) in [4.78, 5) is 23.9. The molecule has 0 fully saturated rings. The molecule has 2 N–H and O–H groups in total. The van der Waals surface area contributed by atoms with E-state index in [-0.39, 0.29) is 6.54 Å². The zero-order valence-electron chi connectivity index (χ0n) is 13.5. The second-order valence-corrected chi connectivity index (χ2v) is 6.92. The van der Waals surface area contributed by atoms with E-state index in [1.54, 1.807) is 20.8 Å². The van der Waals surface area contributed by atoms with Crippen LogP contribution in [0.4, 0.5) is 4.79 Å². The van der Waals surface area contributed by atoms with Crippen LogP contribution in [-0.2, 0) is 16.6 Å². The van der Waals surface area contributed by atoms with E-state index in [0.29, 0.717) is 4.80 Å². The minimum absolute atomic E-state index is 0.201. The van der Waals surface area contributed by atoms with Gasteiger partial charge in [0.05, 0.1) is 10.2 Å². The molecule has 23 heavy (non-hydrogen) atoms. The number of carbonyl (C=O) groups is 2. The largest absolute Gasteiger partial charge is 0.444 e. The highest BCUT2D eigenvalue weighted by Crippen LogP contribution is 2.14. The summed E-state index contributed by atoms with van der Waals surface area (Å²) in [6, 6.07) is 7.87. The highest BCUT2D eigenvalue weighted by Gasteiger charge is 2.16. The fourth-order valence-corrected chi connectivity index (χ4v) is 2.78. The lowest BCUT2D eigenvalue weighted by molar-refractivity contribution is -0.120. The SMILES string of the molecule is Cn1/c(=N\NC(=O)CNC(=O)OC(C)(C)C)sc2ccccc21. The maximum Gasteiger partial charge on any atom is 0.408 e. The Morgan fingerprint density at radius 2 is 2.00 bits per heavy atom. The predicted molar refractivity (Wildman–Crippen MR) is 88.7 cm³/mol. The van der Waals surface area contributed by atoms with Crippen LogP contribution in [0.5, 0.6) is 0 Å². The van der Waals surface area contributed by atoms with Crippen molar-refractivity contribution < 1.29 is 14.3 Å². The van der Waals surface area contributed by atoms with Crippen molar-refractivity contribution in [2.75, 3.05) is 6.54 Å². The number of amides is 2. The van der Waals surface area contributed by atoms with E-state index < -0.39 is 17.6 Å².